The third kappa shape index (κ3) is 4.50. The lowest BCUT2D eigenvalue weighted by atomic mass is 9.93. The predicted molar refractivity (Wildman–Crippen MR) is 124 cm³/mol. The third-order valence-electron chi connectivity index (χ3n) is 6.17. The molecule has 0 saturated carbocycles. The topological polar surface area (TPSA) is 89.0 Å². The minimum absolute atomic E-state index is 0.0739. The van der Waals surface area contributed by atoms with Gasteiger partial charge < -0.3 is 19.5 Å². The molecule has 2 aliphatic rings. The van der Waals surface area contributed by atoms with Crippen LogP contribution in [-0.4, -0.2) is 52.5 Å². The Morgan fingerprint density at radius 1 is 1.30 bits per heavy atom. The number of amides is 1. The zero-order valence-corrected chi connectivity index (χ0v) is 19.3. The van der Waals surface area contributed by atoms with Gasteiger partial charge in [0.2, 0.25) is 0 Å². The van der Waals surface area contributed by atoms with Gasteiger partial charge in [0.15, 0.2) is 0 Å². The molecule has 7 nitrogen and oxygen atoms in total. The van der Waals surface area contributed by atoms with Crippen molar-refractivity contribution in [3.63, 3.8) is 0 Å². The Labute approximate surface area is 194 Å². The second kappa shape index (κ2) is 9.75. The van der Waals surface area contributed by atoms with E-state index in [1.807, 2.05) is 32.9 Å². The van der Waals surface area contributed by atoms with E-state index >= 15 is 0 Å². The van der Waals surface area contributed by atoms with Gasteiger partial charge >= 0.3 is 0 Å². The van der Waals surface area contributed by atoms with Gasteiger partial charge in [0.1, 0.15) is 11.5 Å². The Bertz CT molecular complexity index is 1060. The highest BCUT2D eigenvalue weighted by molar-refractivity contribution is 6.46. The van der Waals surface area contributed by atoms with Crippen molar-refractivity contribution in [3.8, 4) is 5.75 Å². The molecule has 1 aromatic heterocycles. The van der Waals surface area contributed by atoms with E-state index < -0.39 is 17.7 Å². The number of aromatic nitrogens is 1. The van der Waals surface area contributed by atoms with E-state index in [1.165, 1.54) is 4.90 Å². The average Bonchev–Trinajstić information content (AvgIpc) is 3.42. The zero-order valence-electron chi connectivity index (χ0n) is 19.3. The number of pyridine rings is 1. The molecule has 0 radical (unpaired) electrons. The van der Waals surface area contributed by atoms with Gasteiger partial charge in [-0.15, -0.1) is 0 Å². The summed E-state index contributed by atoms with van der Waals surface area (Å²) in [6.45, 7) is 7.47. The summed E-state index contributed by atoms with van der Waals surface area (Å²) in [5.74, 6) is -0.626. The number of likely N-dealkylation sites (tertiary alicyclic amines) is 1. The van der Waals surface area contributed by atoms with E-state index in [2.05, 4.69) is 4.98 Å². The molecule has 2 aromatic rings. The number of Topliss-reactive ketones (excluding diaryl/α,β-unsaturated/α-hetero) is 1. The fourth-order valence-electron chi connectivity index (χ4n) is 4.55. The van der Waals surface area contributed by atoms with Crippen molar-refractivity contribution in [2.75, 3.05) is 19.8 Å². The fraction of sp³-hybridized carbons (Fsp3) is 0.423. The Hall–Kier alpha value is -3.19. The molecule has 2 aliphatic heterocycles. The van der Waals surface area contributed by atoms with Crippen LogP contribution in [0, 0.1) is 0 Å². The first-order valence-electron chi connectivity index (χ1n) is 11.5. The molecule has 0 spiro atoms. The summed E-state index contributed by atoms with van der Waals surface area (Å²) >= 11 is 0. The molecule has 1 aromatic carbocycles. The largest absolute Gasteiger partial charge is 0.507 e. The SMILES string of the molecule is CCOc1ccc(/C(O)=C2/C(=O)C(=O)N(CC3CCCO3)C2c2cccnc2)cc1C(C)C. The summed E-state index contributed by atoms with van der Waals surface area (Å²) in [6.07, 6.45) is 4.90. The van der Waals surface area contributed by atoms with Crippen LogP contribution in [-0.2, 0) is 14.3 Å². The van der Waals surface area contributed by atoms with Gasteiger partial charge in [0, 0.05) is 31.1 Å². The average molecular weight is 451 g/mol. The van der Waals surface area contributed by atoms with Crippen molar-refractivity contribution < 1.29 is 24.2 Å². The normalized spacial score (nSPS) is 22.4. The Morgan fingerprint density at radius 2 is 2.12 bits per heavy atom. The van der Waals surface area contributed by atoms with Crippen molar-refractivity contribution in [2.24, 2.45) is 0 Å². The van der Waals surface area contributed by atoms with E-state index in [1.54, 1.807) is 30.6 Å². The van der Waals surface area contributed by atoms with Gasteiger partial charge in [0.05, 0.1) is 24.3 Å². The maximum absolute atomic E-state index is 13.2. The molecule has 2 fully saturated rings. The Morgan fingerprint density at radius 3 is 2.76 bits per heavy atom. The van der Waals surface area contributed by atoms with E-state index in [0.29, 0.717) is 30.9 Å². The van der Waals surface area contributed by atoms with Crippen molar-refractivity contribution in [3.05, 3.63) is 65.0 Å². The number of rotatable bonds is 7. The van der Waals surface area contributed by atoms with Crippen molar-refractivity contribution in [1.82, 2.24) is 9.88 Å². The van der Waals surface area contributed by atoms with Crippen LogP contribution in [0.4, 0.5) is 0 Å². The second-order valence-electron chi connectivity index (χ2n) is 8.71. The lowest BCUT2D eigenvalue weighted by molar-refractivity contribution is -0.140. The molecule has 33 heavy (non-hydrogen) atoms. The van der Waals surface area contributed by atoms with Crippen LogP contribution in [0.15, 0.2) is 48.3 Å². The number of ketones is 1. The van der Waals surface area contributed by atoms with Crippen LogP contribution in [0.5, 0.6) is 5.75 Å². The minimum atomic E-state index is -0.725. The number of carbonyl (C=O) groups excluding carboxylic acids is 2. The maximum Gasteiger partial charge on any atom is 0.295 e. The Kier molecular flexibility index (Phi) is 6.79. The monoisotopic (exact) mass is 450 g/mol. The second-order valence-corrected chi connectivity index (χ2v) is 8.71. The summed E-state index contributed by atoms with van der Waals surface area (Å²) in [6, 6.07) is 8.21. The van der Waals surface area contributed by atoms with Crippen LogP contribution in [0.1, 0.15) is 62.3 Å². The van der Waals surface area contributed by atoms with Crippen LogP contribution >= 0.6 is 0 Å². The first kappa shape index (κ1) is 23.0. The third-order valence-corrected chi connectivity index (χ3v) is 6.17. The zero-order chi connectivity index (χ0) is 23.5. The molecule has 2 saturated heterocycles. The van der Waals surface area contributed by atoms with Crippen LogP contribution in [0.25, 0.3) is 5.76 Å². The number of hydrogen-bond donors (Lipinski definition) is 1. The summed E-state index contributed by atoms with van der Waals surface area (Å²) in [4.78, 5) is 31.9. The summed E-state index contributed by atoms with van der Waals surface area (Å²) in [5, 5.41) is 11.3. The smallest absolute Gasteiger partial charge is 0.295 e. The molecule has 0 aliphatic carbocycles. The van der Waals surface area contributed by atoms with Crippen LogP contribution in [0.2, 0.25) is 0 Å². The fourth-order valence-corrected chi connectivity index (χ4v) is 4.55. The molecule has 1 amide bonds. The quantitative estimate of drug-likeness (QED) is 0.386. The highest BCUT2D eigenvalue weighted by Crippen LogP contribution is 2.40. The Balaban J connectivity index is 1.81. The highest BCUT2D eigenvalue weighted by Gasteiger charge is 2.47. The lowest BCUT2D eigenvalue weighted by Crippen LogP contribution is -2.36. The van der Waals surface area contributed by atoms with Gasteiger partial charge in [0.25, 0.3) is 11.7 Å². The van der Waals surface area contributed by atoms with E-state index in [4.69, 9.17) is 9.47 Å². The molecular formula is C26H30N2O5. The molecule has 4 rings (SSSR count). The molecular weight excluding hydrogens is 420 g/mol. The molecule has 2 unspecified atom stereocenters. The molecule has 1 N–H and O–H groups in total. The lowest BCUT2D eigenvalue weighted by Gasteiger charge is -2.27. The number of hydrogen-bond acceptors (Lipinski definition) is 6. The summed E-state index contributed by atoms with van der Waals surface area (Å²) in [7, 11) is 0. The van der Waals surface area contributed by atoms with Crippen LogP contribution < -0.4 is 4.74 Å². The van der Waals surface area contributed by atoms with Gasteiger partial charge in [-0.05, 0) is 61.1 Å². The first-order valence-corrected chi connectivity index (χ1v) is 11.5. The number of carbonyl (C=O) groups is 2. The van der Waals surface area contributed by atoms with Gasteiger partial charge in [-0.25, -0.2) is 0 Å². The number of nitrogens with zero attached hydrogens (tertiary/aromatic N) is 2. The maximum atomic E-state index is 13.2. The first-order chi connectivity index (χ1) is 15.9. The molecule has 3 heterocycles. The highest BCUT2D eigenvalue weighted by atomic mass is 16.5. The number of aliphatic hydroxyl groups excluding tert-OH is 1. The molecule has 0 bridgehead atoms. The van der Waals surface area contributed by atoms with Gasteiger partial charge in [-0.1, -0.05) is 19.9 Å². The summed E-state index contributed by atoms with van der Waals surface area (Å²) < 4.78 is 11.5. The predicted octanol–water partition coefficient (Wildman–Crippen LogP) is 4.20. The molecule has 7 heteroatoms. The number of benzene rings is 1. The molecule has 174 valence electrons. The van der Waals surface area contributed by atoms with Crippen molar-refractivity contribution in [1.29, 1.82) is 0 Å². The van der Waals surface area contributed by atoms with Crippen molar-refractivity contribution in [2.45, 2.75) is 51.7 Å². The van der Waals surface area contributed by atoms with E-state index in [-0.39, 0.29) is 23.4 Å². The van der Waals surface area contributed by atoms with Crippen LogP contribution in [0.3, 0.4) is 0 Å². The minimum Gasteiger partial charge on any atom is -0.507 e. The van der Waals surface area contributed by atoms with E-state index in [0.717, 1.165) is 24.2 Å². The standard InChI is InChI=1S/C26H30N2O5/c1-4-32-21-10-9-17(13-20(21)16(2)3)24(29)22-23(18-7-5-11-27-14-18)28(26(31)25(22)30)15-19-8-6-12-33-19/h5,7,9-11,13-14,16,19,23,29H,4,6,8,12,15H2,1-3H3/b24-22-. The number of aliphatic hydroxyl groups is 1. The van der Waals surface area contributed by atoms with Gasteiger partial charge in [-0.3, -0.25) is 14.6 Å². The molecule has 2 atom stereocenters. The van der Waals surface area contributed by atoms with E-state index in [9.17, 15) is 14.7 Å². The number of ether oxygens (including phenoxy) is 2. The summed E-state index contributed by atoms with van der Waals surface area (Å²) in [5.41, 5.74) is 2.15. The van der Waals surface area contributed by atoms with Crippen molar-refractivity contribution >= 4 is 17.4 Å². The van der Waals surface area contributed by atoms with Gasteiger partial charge in [-0.2, -0.15) is 0 Å².